The molecule has 2 aliphatic rings. The van der Waals surface area contributed by atoms with E-state index in [2.05, 4.69) is 42.6 Å². The average molecular weight is 357 g/mol. The summed E-state index contributed by atoms with van der Waals surface area (Å²) in [6.07, 6.45) is 10.6. The number of carbonyl (C=O) groups is 1. The lowest BCUT2D eigenvalue weighted by Gasteiger charge is -2.28. The molecule has 4 heteroatoms. The van der Waals surface area contributed by atoms with Gasteiger partial charge in [0.1, 0.15) is 5.75 Å². The molecular formula is C22H31NO3. The molecule has 26 heavy (non-hydrogen) atoms. The van der Waals surface area contributed by atoms with Crippen LogP contribution in [0, 0.1) is 5.92 Å². The van der Waals surface area contributed by atoms with Gasteiger partial charge in [-0.1, -0.05) is 31.6 Å². The van der Waals surface area contributed by atoms with Gasteiger partial charge < -0.3 is 15.2 Å². The van der Waals surface area contributed by atoms with Crippen LogP contribution < -0.4 is 10.1 Å². The molecular weight excluding hydrogens is 326 g/mol. The van der Waals surface area contributed by atoms with Gasteiger partial charge in [-0.05, 0) is 74.3 Å². The molecule has 1 unspecified atom stereocenters. The van der Waals surface area contributed by atoms with Crippen LogP contribution >= 0.6 is 0 Å². The predicted octanol–water partition coefficient (Wildman–Crippen LogP) is 4.64. The first-order valence-corrected chi connectivity index (χ1v) is 10.1. The van der Waals surface area contributed by atoms with Gasteiger partial charge in [-0.2, -0.15) is 0 Å². The Labute approximate surface area is 156 Å². The van der Waals surface area contributed by atoms with Crippen LogP contribution in [0.15, 0.2) is 30.3 Å². The second-order valence-electron chi connectivity index (χ2n) is 7.63. The molecule has 3 rings (SSSR count). The standard InChI is InChI=1S/C22H31NO3/c1-2-16-3-8-20(9-4-16)26-21-10-5-17(6-11-21)18-13-14-23-19(15-18)7-12-22(24)25/h5-6,10-11,15-16,19-20,23H,2-4,7-9,12-14H2,1H3,(H,24,25). The van der Waals surface area contributed by atoms with Crippen molar-refractivity contribution in [2.45, 2.75) is 70.4 Å². The van der Waals surface area contributed by atoms with Crippen LogP contribution in [0.3, 0.4) is 0 Å². The Morgan fingerprint density at radius 1 is 1.19 bits per heavy atom. The minimum Gasteiger partial charge on any atom is -0.490 e. The topological polar surface area (TPSA) is 58.6 Å². The first kappa shape index (κ1) is 19.0. The molecule has 1 aliphatic carbocycles. The molecule has 142 valence electrons. The minimum atomic E-state index is -0.734. The van der Waals surface area contributed by atoms with Crippen LogP contribution in [0.2, 0.25) is 0 Å². The molecule has 1 atom stereocenters. The fourth-order valence-electron chi connectivity index (χ4n) is 4.08. The van der Waals surface area contributed by atoms with Crippen molar-refractivity contribution in [2.24, 2.45) is 5.92 Å². The Bertz CT molecular complexity index is 615. The summed E-state index contributed by atoms with van der Waals surface area (Å²) in [7, 11) is 0. The van der Waals surface area contributed by atoms with Gasteiger partial charge in [0.25, 0.3) is 0 Å². The van der Waals surface area contributed by atoms with Crippen LogP contribution in [0.1, 0.15) is 63.9 Å². The van der Waals surface area contributed by atoms with Crippen molar-refractivity contribution in [3.8, 4) is 5.75 Å². The summed E-state index contributed by atoms with van der Waals surface area (Å²) in [5.74, 6) is 1.12. The average Bonchev–Trinajstić information content (AvgIpc) is 2.68. The van der Waals surface area contributed by atoms with Gasteiger partial charge in [-0.25, -0.2) is 0 Å². The second-order valence-corrected chi connectivity index (χ2v) is 7.63. The Kier molecular flexibility index (Phi) is 6.73. The number of carboxylic acid groups (broad SMARTS) is 1. The van der Waals surface area contributed by atoms with Crippen molar-refractivity contribution >= 4 is 11.5 Å². The van der Waals surface area contributed by atoms with E-state index >= 15 is 0 Å². The van der Waals surface area contributed by atoms with E-state index in [0.29, 0.717) is 12.5 Å². The molecule has 0 aromatic heterocycles. The Balaban J connectivity index is 1.56. The summed E-state index contributed by atoms with van der Waals surface area (Å²) >= 11 is 0. The van der Waals surface area contributed by atoms with Crippen molar-refractivity contribution in [3.63, 3.8) is 0 Å². The van der Waals surface area contributed by atoms with E-state index in [0.717, 1.165) is 24.6 Å². The van der Waals surface area contributed by atoms with E-state index in [9.17, 15) is 4.79 Å². The Hall–Kier alpha value is -1.81. The van der Waals surface area contributed by atoms with Crippen LogP contribution in [-0.4, -0.2) is 29.8 Å². The van der Waals surface area contributed by atoms with Crippen molar-refractivity contribution in [1.82, 2.24) is 5.32 Å². The number of rotatable bonds is 7. The number of carboxylic acids is 1. The number of hydrogen-bond donors (Lipinski definition) is 2. The number of hydrogen-bond acceptors (Lipinski definition) is 3. The molecule has 1 aromatic rings. The van der Waals surface area contributed by atoms with Crippen molar-refractivity contribution < 1.29 is 14.6 Å². The Morgan fingerprint density at radius 2 is 1.92 bits per heavy atom. The van der Waals surface area contributed by atoms with Gasteiger partial charge in [-0.15, -0.1) is 0 Å². The smallest absolute Gasteiger partial charge is 0.303 e. The maximum absolute atomic E-state index is 10.8. The second kappa shape index (κ2) is 9.22. The molecule has 1 fully saturated rings. The van der Waals surface area contributed by atoms with E-state index in [4.69, 9.17) is 9.84 Å². The molecule has 1 saturated carbocycles. The van der Waals surface area contributed by atoms with Gasteiger partial charge >= 0.3 is 5.97 Å². The molecule has 0 radical (unpaired) electrons. The maximum Gasteiger partial charge on any atom is 0.303 e. The number of nitrogens with one attached hydrogen (secondary N) is 1. The normalized spacial score (nSPS) is 26.2. The van der Waals surface area contributed by atoms with E-state index in [-0.39, 0.29) is 12.5 Å². The fourth-order valence-corrected chi connectivity index (χ4v) is 4.08. The van der Waals surface area contributed by atoms with E-state index in [1.165, 1.54) is 43.2 Å². The molecule has 1 heterocycles. The first-order chi connectivity index (χ1) is 12.6. The van der Waals surface area contributed by atoms with E-state index < -0.39 is 5.97 Å². The number of ether oxygens (including phenoxy) is 1. The lowest BCUT2D eigenvalue weighted by Crippen LogP contribution is -2.32. The van der Waals surface area contributed by atoms with Gasteiger partial charge in [0.15, 0.2) is 0 Å². The molecule has 0 amide bonds. The summed E-state index contributed by atoms with van der Waals surface area (Å²) in [6, 6.07) is 8.59. The lowest BCUT2D eigenvalue weighted by molar-refractivity contribution is -0.137. The quantitative estimate of drug-likeness (QED) is 0.746. The van der Waals surface area contributed by atoms with Crippen molar-refractivity contribution in [1.29, 1.82) is 0 Å². The van der Waals surface area contributed by atoms with Crippen LogP contribution in [0.25, 0.3) is 5.57 Å². The SMILES string of the molecule is CCC1CCC(Oc2ccc(C3=CC(CCC(=O)O)NCC3)cc2)CC1. The summed E-state index contributed by atoms with van der Waals surface area (Å²) in [6.45, 7) is 3.18. The molecule has 0 bridgehead atoms. The van der Waals surface area contributed by atoms with Crippen LogP contribution in [-0.2, 0) is 4.79 Å². The highest BCUT2D eigenvalue weighted by atomic mass is 16.5. The molecule has 2 N–H and O–H groups in total. The fraction of sp³-hybridized carbons (Fsp3) is 0.591. The first-order valence-electron chi connectivity index (χ1n) is 10.1. The maximum atomic E-state index is 10.8. The third-order valence-corrected chi connectivity index (χ3v) is 5.77. The summed E-state index contributed by atoms with van der Waals surface area (Å²) in [5, 5.41) is 12.2. The Morgan fingerprint density at radius 3 is 2.58 bits per heavy atom. The minimum absolute atomic E-state index is 0.152. The number of aliphatic carboxylic acids is 1. The van der Waals surface area contributed by atoms with Gasteiger partial charge in [-0.3, -0.25) is 4.79 Å². The third-order valence-electron chi connectivity index (χ3n) is 5.77. The van der Waals surface area contributed by atoms with Gasteiger partial charge in [0, 0.05) is 12.5 Å². The highest BCUT2D eigenvalue weighted by molar-refractivity contribution is 5.69. The predicted molar refractivity (Wildman–Crippen MR) is 104 cm³/mol. The monoisotopic (exact) mass is 357 g/mol. The van der Waals surface area contributed by atoms with E-state index in [1.807, 2.05) is 0 Å². The largest absolute Gasteiger partial charge is 0.490 e. The zero-order valence-corrected chi connectivity index (χ0v) is 15.7. The summed E-state index contributed by atoms with van der Waals surface area (Å²) < 4.78 is 6.18. The van der Waals surface area contributed by atoms with Gasteiger partial charge in [0.2, 0.25) is 0 Å². The third kappa shape index (κ3) is 5.34. The molecule has 4 nitrogen and oxygen atoms in total. The summed E-state index contributed by atoms with van der Waals surface area (Å²) in [5.41, 5.74) is 2.52. The van der Waals surface area contributed by atoms with Crippen LogP contribution in [0.5, 0.6) is 5.75 Å². The molecule has 1 aliphatic heterocycles. The van der Waals surface area contributed by atoms with E-state index in [1.54, 1.807) is 0 Å². The zero-order valence-electron chi connectivity index (χ0n) is 15.7. The van der Waals surface area contributed by atoms with Crippen molar-refractivity contribution in [2.75, 3.05) is 6.54 Å². The lowest BCUT2D eigenvalue weighted by atomic mass is 9.86. The highest BCUT2D eigenvalue weighted by Gasteiger charge is 2.21. The summed E-state index contributed by atoms with van der Waals surface area (Å²) in [4.78, 5) is 10.8. The molecule has 0 saturated heterocycles. The molecule has 1 aromatic carbocycles. The van der Waals surface area contributed by atoms with Crippen molar-refractivity contribution in [3.05, 3.63) is 35.9 Å². The van der Waals surface area contributed by atoms with Crippen LogP contribution in [0.4, 0.5) is 0 Å². The zero-order chi connectivity index (χ0) is 18.4. The molecule has 0 spiro atoms. The van der Waals surface area contributed by atoms with Gasteiger partial charge in [0.05, 0.1) is 6.10 Å². The number of benzene rings is 1. The highest BCUT2D eigenvalue weighted by Crippen LogP contribution is 2.30.